The largest absolute Gasteiger partial charge is 0.275 e. The SMILES string of the molecule is NN(C(=O)Cc1cccs1)C(=O)c1ccnc2ccccc12.c1ccc(-c2ccccc2)cc1. The third-order valence-electron chi connectivity index (χ3n) is 5.15. The molecule has 2 heterocycles. The lowest BCUT2D eigenvalue weighted by Crippen LogP contribution is -2.43. The predicted octanol–water partition coefficient (Wildman–Crippen LogP) is 5.74. The van der Waals surface area contributed by atoms with Crippen molar-refractivity contribution in [3.8, 4) is 11.1 Å². The van der Waals surface area contributed by atoms with Crippen LogP contribution in [0.3, 0.4) is 0 Å². The van der Waals surface area contributed by atoms with Gasteiger partial charge in [0.25, 0.3) is 5.91 Å². The van der Waals surface area contributed by atoms with Crippen molar-refractivity contribution in [2.75, 3.05) is 0 Å². The van der Waals surface area contributed by atoms with Crippen LogP contribution >= 0.6 is 11.3 Å². The molecule has 168 valence electrons. The van der Waals surface area contributed by atoms with Crippen LogP contribution in [0.4, 0.5) is 0 Å². The van der Waals surface area contributed by atoms with E-state index in [4.69, 9.17) is 5.84 Å². The van der Waals surface area contributed by atoms with Crippen LogP contribution < -0.4 is 5.84 Å². The Kier molecular flexibility index (Phi) is 7.55. The van der Waals surface area contributed by atoms with E-state index in [1.165, 1.54) is 28.7 Å². The average molecular weight is 466 g/mol. The van der Waals surface area contributed by atoms with Gasteiger partial charge < -0.3 is 0 Å². The van der Waals surface area contributed by atoms with Crippen molar-refractivity contribution < 1.29 is 9.59 Å². The van der Waals surface area contributed by atoms with Crippen LogP contribution in [0.1, 0.15) is 15.2 Å². The van der Waals surface area contributed by atoms with Gasteiger partial charge in [-0.2, -0.15) is 0 Å². The summed E-state index contributed by atoms with van der Waals surface area (Å²) in [7, 11) is 0. The fourth-order valence-corrected chi connectivity index (χ4v) is 4.13. The Balaban J connectivity index is 0.000000192. The Morgan fingerprint density at radius 3 is 2.00 bits per heavy atom. The molecule has 0 fully saturated rings. The number of pyridine rings is 1. The van der Waals surface area contributed by atoms with E-state index >= 15 is 0 Å². The van der Waals surface area contributed by atoms with Gasteiger partial charge in [-0.25, -0.2) is 10.9 Å². The van der Waals surface area contributed by atoms with Crippen molar-refractivity contribution in [3.05, 3.63) is 125 Å². The number of para-hydroxylation sites is 1. The van der Waals surface area contributed by atoms with E-state index in [0.29, 0.717) is 21.5 Å². The summed E-state index contributed by atoms with van der Waals surface area (Å²) in [5, 5.41) is 3.23. The number of thiophene rings is 1. The number of rotatable bonds is 4. The van der Waals surface area contributed by atoms with Crippen molar-refractivity contribution in [2.24, 2.45) is 5.84 Å². The number of hydrogen-bond acceptors (Lipinski definition) is 5. The zero-order valence-electron chi connectivity index (χ0n) is 18.4. The number of hydrazine groups is 1. The normalized spacial score (nSPS) is 10.3. The molecule has 2 aromatic heterocycles. The second-order valence-electron chi connectivity index (χ2n) is 7.43. The molecule has 0 saturated carbocycles. The lowest BCUT2D eigenvalue weighted by atomic mass is 10.1. The molecular weight excluding hydrogens is 442 g/mol. The molecule has 0 atom stereocenters. The van der Waals surface area contributed by atoms with Crippen LogP contribution in [0.15, 0.2) is 115 Å². The molecule has 34 heavy (non-hydrogen) atoms. The van der Waals surface area contributed by atoms with Crippen molar-refractivity contribution >= 4 is 34.1 Å². The minimum absolute atomic E-state index is 0.114. The van der Waals surface area contributed by atoms with Crippen LogP contribution in [0, 0.1) is 0 Å². The number of nitrogens with zero attached hydrogens (tertiary/aromatic N) is 2. The summed E-state index contributed by atoms with van der Waals surface area (Å²) in [6, 6.07) is 33.3. The molecule has 0 aliphatic carbocycles. The van der Waals surface area contributed by atoms with Gasteiger partial charge in [-0.3, -0.25) is 14.6 Å². The summed E-state index contributed by atoms with van der Waals surface area (Å²) in [6.45, 7) is 0. The van der Waals surface area contributed by atoms with E-state index in [2.05, 4.69) is 53.5 Å². The summed E-state index contributed by atoms with van der Waals surface area (Å²) in [5.41, 5.74) is 3.61. The highest BCUT2D eigenvalue weighted by Gasteiger charge is 2.21. The van der Waals surface area contributed by atoms with E-state index in [9.17, 15) is 9.59 Å². The van der Waals surface area contributed by atoms with Gasteiger partial charge in [0, 0.05) is 16.5 Å². The molecule has 0 spiro atoms. The zero-order chi connectivity index (χ0) is 23.8. The molecule has 0 unspecified atom stereocenters. The highest BCUT2D eigenvalue weighted by molar-refractivity contribution is 7.10. The summed E-state index contributed by atoms with van der Waals surface area (Å²) in [6.07, 6.45) is 1.65. The fourth-order valence-electron chi connectivity index (χ4n) is 3.43. The second-order valence-corrected chi connectivity index (χ2v) is 8.46. The Bertz CT molecular complexity index is 1330. The lowest BCUT2D eigenvalue weighted by molar-refractivity contribution is -0.128. The third-order valence-corrected chi connectivity index (χ3v) is 6.03. The summed E-state index contributed by atoms with van der Waals surface area (Å²) >= 11 is 1.45. The molecular formula is C28H23N3O2S. The summed E-state index contributed by atoms with van der Waals surface area (Å²) in [4.78, 5) is 29.7. The van der Waals surface area contributed by atoms with Crippen molar-refractivity contribution in [3.63, 3.8) is 0 Å². The van der Waals surface area contributed by atoms with Crippen molar-refractivity contribution in [1.82, 2.24) is 9.99 Å². The summed E-state index contributed by atoms with van der Waals surface area (Å²) in [5.74, 6) is 4.75. The van der Waals surface area contributed by atoms with Crippen LogP contribution in [0.2, 0.25) is 0 Å². The van der Waals surface area contributed by atoms with Crippen LogP contribution in [-0.2, 0) is 11.2 Å². The van der Waals surface area contributed by atoms with E-state index in [1.54, 1.807) is 18.2 Å². The monoisotopic (exact) mass is 465 g/mol. The fraction of sp³-hybridized carbons (Fsp3) is 0.0357. The van der Waals surface area contributed by atoms with E-state index in [-0.39, 0.29) is 6.42 Å². The number of aromatic nitrogens is 1. The highest BCUT2D eigenvalue weighted by Crippen LogP contribution is 2.19. The molecule has 6 heteroatoms. The van der Waals surface area contributed by atoms with Gasteiger partial charge in [0.2, 0.25) is 5.91 Å². The number of amides is 2. The number of carbonyl (C=O) groups excluding carboxylic acids is 2. The van der Waals surface area contributed by atoms with Crippen LogP contribution in [0.5, 0.6) is 0 Å². The Morgan fingerprint density at radius 1 is 0.765 bits per heavy atom. The number of carbonyl (C=O) groups is 2. The molecule has 5 nitrogen and oxygen atoms in total. The molecule has 0 bridgehead atoms. The Hall–Kier alpha value is -4.13. The number of nitrogens with two attached hydrogens (primary N) is 1. The Morgan fingerprint density at radius 2 is 1.38 bits per heavy atom. The molecule has 0 saturated heterocycles. The van der Waals surface area contributed by atoms with Crippen molar-refractivity contribution in [1.29, 1.82) is 0 Å². The first kappa shape index (κ1) is 23.0. The molecule has 0 radical (unpaired) electrons. The van der Waals surface area contributed by atoms with Crippen LogP contribution in [0.25, 0.3) is 22.0 Å². The van der Waals surface area contributed by atoms with Gasteiger partial charge in [-0.05, 0) is 34.7 Å². The van der Waals surface area contributed by atoms with Gasteiger partial charge in [-0.15, -0.1) is 11.3 Å². The molecule has 2 N–H and O–H groups in total. The molecule has 0 aliphatic heterocycles. The number of benzene rings is 3. The molecule has 2 amide bonds. The number of hydrogen-bond donors (Lipinski definition) is 1. The van der Waals surface area contributed by atoms with Gasteiger partial charge in [0.15, 0.2) is 0 Å². The van der Waals surface area contributed by atoms with Gasteiger partial charge in [0.05, 0.1) is 17.5 Å². The Labute approximate surface area is 202 Å². The quantitative estimate of drug-likeness (QED) is 0.209. The molecule has 5 aromatic rings. The lowest BCUT2D eigenvalue weighted by Gasteiger charge is -2.15. The first-order valence-electron chi connectivity index (χ1n) is 10.7. The number of imide groups is 1. The maximum atomic E-state index is 12.5. The van der Waals surface area contributed by atoms with Gasteiger partial charge in [-0.1, -0.05) is 84.9 Å². The first-order valence-corrected chi connectivity index (χ1v) is 11.6. The van der Waals surface area contributed by atoms with Gasteiger partial charge in [0.1, 0.15) is 0 Å². The zero-order valence-corrected chi connectivity index (χ0v) is 19.2. The van der Waals surface area contributed by atoms with Gasteiger partial charge >= 0.3 is 0 Å². The second kappa shape index (κ2) is 11.1. The maximum absolute atomic E-state index is 12.5. The van der Waals surface area contributed by atoms with Crippen LogP contribution in [-0.4, -0.2) is 21.8 Å². The first-order chi connectivity index (χ1) is 16.6. The predicted molar refractivity (Wildman–Crippen MR) is 137 cm³/mol. The highest BCUT2D eigenvalue weighted by atomic mass is 32.1. The minimum Gasteiger partial charge on any atom is -0.273 e. The van der Waals surface area contributed by atoms with E-state index in [1.807, 2.05) is 41.8 Å². The van der Waals surface area contributed by atoms with E-state index in [0.717, 1.165) is 4.88 Å². The smallest absolute Gasteiger partial charge is 0.273 e. The average Bonchev–Trinajstić information content (AvgIpc) is 3.42. The maximum Gasteiger partial charge on any atom is 0.275 e. The minimum atomic E-state index is -0.528. The molecule has 0 aliphatic rings. The topological polar surface area (TPSA) is 76.3 Å². The van der Waals surface area contributed by atoms with E-state index < -0.39 is 11.8 Å². The standard InChI is InChI=1S/C16H13N3O2S.C12H10/c17-19(15(20)10-11-4-3-9-22-11)16(21)13-7-8-18-14-6-2-1-5-12(13)14;1-3-7-11(8-4-1)12-9-5-2-6-10-12/h1-9H,10,17H2;1-10H. The molecule has 5 rings (SSSR count). The number of fused-ring (bicyclic) bond motifs is 1. The molecule has 3 aromatic carbocycles. The third kappa shape index (κ3) is 5.61. The van der Waals surface area contributed by atoms with Crippen molar-refractivity contribution in [2.45, 2.75) is 6.42 Å². The summed E-state index contributed by atoms with van der Waals surface area (Å²) < 4.78 is 0.